The van der Waals surface area contributed by atoms with Crippen LogP contribution in [-0.4, -0.2) is 35.8 Å². The number of pyridine rings is 1. The Morgan fingerprint density at radius 1 is 1.03 bits per heavy atom. The second kappa shape index (κ2) is 7.51. The van der Waals surface area contributed by atoms with Gasteiger partial charge in [0, 0.05) is 29.6 Å². The first-order valence-corrected chi connectivity index (χ1v) is 11.3. The summed E-state index contributed by atoms with van der Waals surface area (Å²) in [6, 6.07) is 13.0. The van der Waals surface area contributed by atoms with E-state index in [0.29, 0.717) is 6.04 Å². The van der Waals surface area contributed by atoms with Crippen LogP contribution in [0.1, 0.15) is 50.2 Å². The van der Waals surface area contributed by atoms with Crippen LogP contribution in [0.5, 0.6) is 0 Å². The Balaban J connectivity index is 1.57. The maximum atomic E-state index is 5.20. The molecule has 1 aliphatic heterocycles. The van der Waals surface area contributed by atoms with E-state index in [1.165, 1.54) is 19.3 Å². The number of rotatable bonds is 4. The number of hydrogen-bond donors (Lipinski definition) is 0. The molecule has 0 bridgehead atoms. The lowest BCUT2D eigenvalue weighted by Gasteiger charge is -2.46. The summed E-state index contributed by atoms with van der Waals surface area (Å²) < 4.78 is 2.09. The number of anilines is 1. The largest absolute Gasteiger partial charge is 0.341 e. The molecule has 3 aromatic heterocycles. The highest BCUT2D eigenvalue weighted by molar-refractivity contribution is 5.81. The molecule has 4 aromatic rings. The SMILES string of the molecule is CC[C@@H]1c2nncn2-c2c(C)nc(-c3ccncc3-c3ccccc3)nc2N1C1CCC1. The van der Waals surface area contributed by atoms with Crippen LogP contribution in [0.3, 0.4) is 0 Å². The van der Waals surface area contributed by atoms with E-state index in [4.69, 9.17) is 9.97 Å². The predicted molar refractivity (Wildman–Crippen MR) is 124 cm³/mol. The van der Waals surface area contributed by atoms with Crippen molar-refractivity contribution in [2.24, 2.45) is 0 Å². The zero-order valence-corrected chi connectivity index (χ0v) is 18.3. The van der Waals surface area contributed by atoms with E-state index in [2.05, 4.69) is 50.6 Å². The van der Waals surface area contributed by atoms with Crippen LogP contribution in [0, 0.1) is 6.92 Å². The molecular formula is C25H25N7. The van der Waals surface area contributed by atoms with Crippen LogP contribution in [0.25, 0.3) is 28.2 Å². The molecule has 1 atom stereocenters. The van der Waals surface area contributed by atoms with Gasteiger partial charge >= 0.3 is 0 Å². The van der Waals surface area contributed by atoms with Gasteiger partial charge in [-0.15, -0.1) is 10.2 Å². The maximum absolute atomic E-state index is 5.20. The smallest absolute Gasteiger partial charge is 0.162 e. The average molecular weight is 424 g/mol. The molecule has 0 saturated heterocycles. The number of nitrogens with zero attached hydrogens (tertiary/aromatic N) is 7. The third-order valence-electron chi connectivity index (χ3n) is 6.73. The van der Waals surface area contributed by atoms with Gasteiger partial charge in [0.1, 0.15) is 12.0 Å². The number of benzene rings is 1. The predicted octanol–water partition coefficient (Wildman–Crippen LogP) is 4.92. The fourth-order valence-electron chi connectivity index (χ4n) is 4.96. The molecule has 6 rings (SSSR count). The summed E-state index contributed by atoms with van der Waals surface area (Å²) >= 11 is 0. The summed E-state index contributed by atoms with van der Waals surface area (Å²) in [6.45, 7) is 4.27. The summed E-state index contributed by atoms with van der Waals surface area (Å²) in [6.07, 6.45) is 10.1. The number of fused-ring (bicyclic) bond motifs is 3. The molecule has 160 valence electrons. The van der Waals surface area contributed by atoms with Crippen LogP contribution >= 0.6 is 0 Å². The zero-order chi connectivity index (χ0) is 21.7. The van der Waals surface area contributed by atoms with Gasteiger partial charge in [0.2, 0.25) is 0 Å². The standard InChI is InChI=1S/C25H25N7/c1-3-21-24-30-27-15-31(24)22-16(2)28-23(29-25(22)32(21)18-10-7-11-18)19-12-13-26-14-20(19)17-8-5-4-6-9-17/h4-6,8-9,12-15,18,21H,3,7,10-11H2,1-2H3/t21-/m1/s1. The molecule has 1 saturated carbocycles. The van der Waals surface area contributed by atoms with Gasteiger partial charge in [-0.05, 0) is 44.2 Å². The van der Waals surface area contributed by atoms with Gasteiger partial charge in [-0.3, -0.25) is 9.55 Å². The first-order chi connectivity index (χ1) is 15.8. The van der Waals surface area contributed by atoms with E-state index in [1.807, 2.05) is 36.7 Å². The van der Waals surface area contributed by atoms with Crippen LogP contribution < -0.4 is 4.90 Å². The lowest BCUT2D eigenvalue weighted by molar-refractivity contribution is 0.342. The highest BCUT2D eigenvalue weighted by Crippen LogP contribution is 2.45. The Morgan fingerprint density at radius 2 is 1.88 bits per heavy atom. The topological polar surface area (TPSA) is 72.6 Å². The van der Waals surface area contributed by atoms with Gasteiger partial charge in [0.25, 0.3) is 0 Å². The molecule has 1 fully saturated rings. The first kappa shape index (κ1) is 19.1. The molecule has 1 aromatic carbocycles. The highest BCUT2D eigenvalue weighted by atomic mass is 15.4. The third kappa shape index (κ3) is 2.84. The van der Waals surface area contributed by atoms with Crippen molar-refractivity contribution in [1.29, 1.82) is 0 Å². The van der Waals surface area contributed by atoms with E-state index in [0.717, 1.165) is 52.0 Å². The minimum atomic E-state index is 0.170. The minimum absolute atomic E-state index is 0.170. The minimum Gasteiger partial charge on any atom is -0.341 e. The monoisotopic (exact) mass is 423 g/mol. The summed E-state index contributed by atoms with van der Waals surface area (Å²) in [7, 11) is 0. The lowest BCUT2D eigenvalue weighted by Crippen LogP contribution is -2.46. The first-order valence-electron chi connectivity index (χ1n) is 11.3. The maximum Gasteiger partial charge on any atom is 0.162 e. The third-order valence-corrected chi connectivity index (χ3v) is 6.73. The summed E-state index contributed by atoms with van der Waals surface area (Å²) in [5.41, 5.74) is 5.07. The van der Waals surface area contributed by atoms with Crippen molar-refractivity contribution in [3.05, 3.63) is 66.6 Å². The fourth-order valence-corrected chi connectivity index (χ4v) is 4.96. The molecular weight excluding hydrogens is 398 g/mol. The number of hydrogen-bond acceptors (Lipinski definition) is 6. The highest BCUT2D eigenvalue weighted by Gasteiger charge is 2.40. The van der Waals surface area contributed by atoms with E-state index >= 15 is 0 Å². The van der Waals surface area contributed by atoms with Crippen molar-refractivity contribution in [3.63, 3.8) is 0 Å². The summed E-state index contributed by atoms with van der Waals surface area (Å²) in [5.74, 6) is 2.71. The van der Waals surface area contributed by atoms with E-state index in [-0.39, 0.29) is 6.04 Å². The van der Waals surface area contributed by atoms with Crippen molar-refractivity contribution in [2.45, 2.75) is 51.6 Å². The molecule has 32 heavy (non-hydrogen) atoms. The van der Waals surface area contributed by atoms with Crippen molar-refractivity contribution in [1.82, 2.24) is 29.7 Å². The molecule has 7 heteroatoms. The lowest BCUT2D eigenvalue weighted by atomic mass is 9.89. The zero-order valence-electron chi connectivity index (χ0n) is 18.3. The molecule has 0 amide bonds. The Hall–Kier alpha value is -3.61. The van der Waals surface area contributed by atoms with Crippen molar-refractivity contribution < 1.29 is 0 Å². The second-order valence-electron chi connectivity index (χ2n) is 8.57. The molecule has 7 nitrogen and oxygen atoms in total. The quantitative estimate of drug-likeness (QED) is 0.464. The molecule has 2 aliphatic rings. The number of aromatic nitrogens is 6. The molecule has 0 radical (unpaired) electrons. The van der Waals surface area contributed by atoms with Gasteiger partial charge < -0.3 is 4.90 Å². The Morgan fingerprint density at radius 3 is 2.62 bits per heavy atom. The molecule has 0 unspecified atom stereocenters. The second-order valence-corrected chi connectivity index (χ2v) is 8.57. The Bertz CT molecular complexity index is 1280. The molecule has 1 aliphatic carbocycles. The average Bonchev–Trinajstić information content (AvgIpc) is 3.28. The van der Waals surface area contributed by atoms with Gasteiger partial charge in [-0.25, -0.2) is 9.97 Å². The van der Waals surface area contributed by atoms with Crippen molar-refractivity contribution >= 4 is 5.82 Å². The van der Waals surface area contributed by atoms with E-state index in [9.17, 15) is 0 Å². The van der Waals surface area contributed by atoms with Crippen molar-refractivity contribution in [2.75, 3.05) is 4.90 Å². The van der Waals surface area contributed by atoms with Gasteiger partial charge in [0.05, 0.1) is 11.7 Å². The summed E-state index contributed by atoms with van der Waals surface area (Å²) in [4.78, 5) is 17.0. The summed E-state index contributed by atoms with van der Waals surface area (Å²) in [5, 5.41) is 8.72. The van der Waals surface area contributed by atoms with Crippen molar-refractivity contribution in [3.8, 4) is 28.2 Å². The van der Waals surface area contributed by atoms with Gasteiger partial charge in [-0.1, -0.05) is 37.3 Å². The van der Waals surface area contributed by atoms with Crippen LogP contribution in [-0.2, 0) is 0 Å². The van der Waals surface area contributed by atoms with Gasteiger partial charge in [0.15, 0.2) is 17.5 Å². The van der Waals surface area contributed by atoms with Gasteiger partial charge in [-0.2, -0.15) is 0 Å². The molecule has 4 heterocycles. The Kier molecular flexibility index (Phi) is 4.48. The Labute approximate surface area is 187 Å². The van der Waals surface area contributed by atoms with Crippen LogP contribution in [0.15, 0.2) is 55.1 Å². The molecule has 0 N–H and O–H groups in total. The van der Waals surface area contributed by atoms with E-state index in [1.54, 1.807) is 6.33 Å². The molecule has 0 spiro atoms. The van der Waals surface area contributed by atoms with Crippen LogP contribution in [0.2, 0.25) is 0 Å². The fraction of sp³-hybridized carbons (Fsp3) is 0.320. The van der Waals surface area contributed by atoms with E-state index < -0.39 is 0 Å². The number of aryl methyl sites for hydroxylation is 1. The van der Waals surface area contributed by atoms with Crippen LogP contribution in [0.4, 0.5) is 5.82 Å². The normalized spacial score (nSPS) is 17.6.